The molecule has 3 aromatic rings. The molecule has 2 fully saturated rings. The van der Waals surface area contributed by atoms with E-state index < -0.39 is 5.60 Å². The predicted molar refractivity (Wildman–Crippen MR) is 117 cm³/mol. The van der Waals surface area contributed by atoms with Crippen LogP contribution in [0.4, 0.5) is 0 Å². The lowest BCUT2D eigenvalue weighted by molar-refractivity contribution is -0.222. The first-order chi connectivity index (χ1) is 14.6. The van der Waals surface area contributed by atoms with Crippen molar-refractivity contribution >= 4 is 23.2 Å². The average molecular weight is 442 g/mol. The van der Waals surface area contributed by atoms with Gasteiger partial charge in [0.1, 0.15) is 11.4 Å². The number of nitrogens with zero attached hydrogens (tertiary/aromatic N) is 1. The molecule has 0 spiro atoms. The Bertz CT molecular complexity index is 1060. The van der Waals surface area contributed by atoms with Crippen molar-refractivity contribution in [1.82, 2.24) is 4.98 Å². The minimum Gasteiger partial charge on any atom is -0.490 e. The highest BCUT2D eigenvalue weighted by Crippen LogP contribution is 2.43. The maximum atomic E-state index is 6.42. The summed E-state index contributed by atoms with van der Waals surface area (Å²) in [6.07, 6.45) is 6.20. The van der Waals surface area contributed by atoms with E-state index in [1.54, 1.807) is 18.3 Å². The van der Waals surface area contributed by atoms with Crippen LogP contribution in [0.1, 0.15) is 24.0 Å². The number of halogens is 2. The molecule has 0 radical (unpaired) electrons. The summed E-state index contributed by atoms with van der Waals surface area (Å²) in [4.78, 5) is 4.38. The second kappa shape index (κ2) is 8.20. The van der Waals surface area contributed by atoms with Crippen LogP contribution >= 0.6 is 23.2 Å². The first-order valence-corrected chi connectivity index (χ1v) is 10.8. The van der Waals surface area contributed by atoms with Gasteiger partial charge in [0.05, 0.1) is 25.9 Å². The smallest absolute Gasteiger partial charge is 0.142 e. The van der Waals surface area contributed by atoms with Crippen molar-refractivity contribution in [2.45, 2.75) is 31.2 Å². The number of aromatic nitrogens is 1. The minimum atomic E-state index is -0.595. The van der Waals surface area contributed by atoms with Gasteiger partial charge in [0.2, 0.25) is 0 Å². The van der Waals surface area contributed by atoms with Crippen molar-refractivity contribution in [2.75, 3.05) is 13.2 Å². The molecule has 30 heavy (non-hydrogen) atoms. The molecule has 154 valence electrons. The van der Waals surface area contributed by atoms with Crippen molar-refractivity contribution in [3.63, 3.8) is 0 Å². The van der Waals surface area contributed by atoms with Crippen LogP contribution in [0, 0.1) is 0 Å². The standard InChI is InChI=1S/C24H21Cl2NO3/c25-17-5-8-22(26)16(11-17)13-29-24(14-28-15-24)21-12-27-10-9-19(21)20-3-1-2-4-23(20)30-18-6-7-18/h1-5,8-12,18H,6-7,13-15H2. The zero-order chi connectivity index (χ0) is 20.6. The van der Waals surface area contributed by atoms with Crippen molar-refractivity contribution in [1.29, 1.82) is 0 Å². The fourth-order valence-electron chi connectivity index (χ4n) is 3.62. The number of pyridine rings is 1. The van der Waals surface area contributed by atoms with Crippen LogP contribution < -0.4 is 4.74 Å². The maximum absolute atomic E-state index is 6.42. The van der Waals surface area contributed by atoms with Crippen molar-refractivity contribution in [3.05, 3.63) is 82.1 Å². The molecule has 1 saturated heterocycles. The first-order valence-electron chi connectivity index (χ1n) is 10.0. The Kier molecular flexibility index (Phi) is 5.42. The molecule has 1 aromatic heterocycles. The van der Waals surface area contributed by atoms with Crippen LogP contribution in [0.15, 0.2) is 60.9 Å². The molecule has 1 aliphatic heterocycles. The lowest BCUT2D eigenvalue weighted by Gasteiger charge is -2.42. The van der Waals surface area contributed by atoms with E-state index in [4.69, 9.17) is 37.4 Å². The molecule has 6 heteroatoms. The van der Waals surface area contributed by atoms with Gasteiger partial charge in [0.15, 0.2) is 0 Å². The van der Waals surface area contributed by atoms with Crippen LogP contribution in [0.3, 0.4) is 0 Å². The van der Waals surface area contributed by atoms with Gasteiger partial charge in [-0.05, 0) is 54.3 Å². The van der Waals surface area contributed by atoms with Gasteiger partial charge < -0.3 is 14.2 Å². The lowest BCUT2D eigenvalue weighted by atomic mass is 9.86. The van der Waals surface area contributed by atoms with E-state index >= 15 is 0 Å². The number of hydrogen-bond donors (Lipinski definition) is 0. The second-order valence-corrected chi connectivity index (χ2v) is 8.59. The highest BCUT2D eigenvalue weighted by molar-refractivity contribution is 6.33. The molecule has 0 atom stereocenters. The van der Waals surface area contributed by atoms with Gasteiger partial charge in [-0.3, -0.25) is 4.98 Å². The van der Waals surface area contributed by atoms with E-state index in [2.05, 4.69) is 11.1 Å². The quantitative estimate of drug-likeness (QED) is 0.448. The van der Waals surface area contributed by atoms with E-state index in [1.807, 2.05) is 36.5 Å². The second-order valence-electron chi connectivity index (χ2n) is 7.75. The number of rotatable bonds is 7. The number of benzene rings is 2. The van der Waals surface area contributed by atoms with Crippen LogP contribution in [-0.4, -0.2) is 24.3 Å². The Labute approximate surface area is 185 Å². The first kappa shape index (κ1) is 19.8. The van der Waals surface area contributed by atoms with Gasteiger partial charge in [0.25, 0.3) is 0 Å². The summed E-state index contributed by atoms with van der Waals surface area (Å²) in [7, 11) is 0. The average Bonchev–Trinajstić information content (AvgIpc) is 3.55. The molecule has 2 aliphatic rings. The Morgan fingerprint density at radius 2 is 1.87 bits per heavy atom. The van der Waals surface area contributed by atoms with Gasteiger partial charge in [-0.25, -0.2) is 0 Å². The molecule has 1 saturated carbocycles. The summed E-state index contributed by atoms with van der Waals surface area (Å²) in [6, 6.07) is 15.5. The van der Waals surface area contributed by atoms with Crippen LogP contribution in [0.5, 0.6) is 5.75 Å². The molecular weight excluding hydrogens is 421 g/mol. The normalized spacial score (nSPS) is 17.4. The summed E-state index contributed by atoms with van der Waals surface area (Å²) in [5, 5.41) is 1.26. The SMILES string of the molecule is Clc1ccc(Cl)c(COC2(c3cnccc3-c3ccccc3OC3CC3)COC2)c1. The van der Waals surface area contributed by atoms with Gasteiger partial charge in [0, 0.05) is 33.6 Å². The van der Waals surface area contributed by atoms with Gasteiger partial charge in [-0.1, -0.05) is 41.4 Å². The van der Waals surface area contributed by atoms with Crippen molar-refractivity contribution in [2.24, 2.45) is 0 Å². The molecule has 4 nitrogen and oxygen atoms in total. The summed E-state index contributed by atoms with van der Waals surface area (Å²) in [5.41, 5.74) is 3.32. The van der Waals surface area contributed by atoms with Crippen molar-refractivity contribution < 1.29 is 14.2 Å². The van der Waals surface area contributed by atoms with Crippen LogP contribution in [-0.2, 0) is 21.7 Å². The number of ether oxygens (including phenoxy) is 3. The van der Waals surface area contributed by atoms with E-state index in [1.165, 1.54) is 0 Å². The van der Waals surface area contributed by atoms with E-state index in [0.29, 0.717) is 36.0 Å². The zero-order valence-electron chi connectivity index (χ0n) is 16.3. The molecule has 2 heterocycles. The van der Waals surface area contributed by atoms with Gasteiger partial charge >= 0.3 is 0 Å². The molecule has 0 amide bonds. The minimum absolute atomic E-state index is 0.318. The number of para-hydroxylation sites is 1. The molecule has 1 aliphatic carbocycles. The third kappa shape index (κ3) is 3.93. The third-order valence-corrected chi connectivity index (χ3v) is 6.09. The van der Waals surface area contributed by atoms with Crippen LogP contribution in [0.25, 0.3) is 11.1 Å². The monoisotopic (exact) mass is 441 g/mol. The highest BCUT2D eigenvalue weighted by Gasteiger charge is 2.44. The molecular formula is C24H21Cl2NO3. The predicted octanol–water partition coefficient (Wildman–Crippen LogP) is 6.04. The van der Waals surface area contributed by atoms with Crippen LogP contribution in [0.2, 0.25) is 10.0 Å². The Morgan fingerprint density at radius 3 is 2.63 bits per heavy atom. The summed E-state index contributed by atoms with van der Waals surface area (Å²) in [5.74, 6) is 0.890. The molecule has 0 bridgehead atoms. The van der Waals surface area contributed by atoms with Gasteiger partial charge in [-0.15, -0.1) is 0 Å². The Morgan fingerprint density at radius 1 is 1.03 bits per heavy atom. The Balaban J connectivity index is 1.48. The fraction of sp³-hybridized carbons (Fsp3) is 0.292. The van der Waals surface area contributed by atoms with E-state index in [-0.39, 0.29) is 0 Å². The highest BCUT2D eigenvalue weighted by atomic mass is 35.5. The number of hydrogen-bond acceptors (Lipinski definition) is 4. The molecule has 5 rings (SSSR count). The van der Waals surface area contributed by atoms with E-state index in [0.717, 1.165) is 40.8 Å². The summed E-state index contributed by atoms with van der Waals surface area (Å²) in [6.45, 7) is 1.24. The summed E-state index contributed by atoms with van der Waals surface area (Å²) < 4.78 is 18.2. The molecule has 0 unspecified atom stereocenters. The third-order valence-electron chi connectivity index (χ3n) is 5.49. The summed E-state index contributed by atoms with van der Waals surface area (Å²) >= 11 is 12.5. The maximum Gasteiger partial charge on any atom is 0.142 e. The molecule has 2 aromatic carbocycles. The zero-order valence-corrected chi connectivity index (χ0v) is 17.8. The largest absolute Gasteiger partial charge is 0.490 e. The molecule has 0 N–H and O–H groups in total. The van der Waals surface area contributed by atoms with E-state index in [9.17, 15) is 0 Å². The van der Waals surface area contributed by atoms with Crippen molar-refractivity contribution in [3.8, 4) is 16.9 Å². The fourth-order valence-corrected chi connectivity index (χ4v) is 3.99. The van der Waals surface area contributed by atoms with Gasteiger partial charge in [-0.2, -0.15) is 0 Å². The topological polar surface area (TPSA) is 40.6 Å². The Hall–Kier alpha value is -2.11. The lowest BCUT2D eigenvalue weighted by Crippen LogP contribution is -2.49.